The number of thiazole rings is 1. The van der Waals surface area contributed by atoms with Gasteiger partial charge in [-0.3, -0.25) is 0 Å². The molecular weight excluding hydrogens is 247 g/mol. The van der Waals surface area contributed by atoms with E-state index >= 15 is 0 Å². The first-order chi connectivity index (χ1) is 8.36. The Labute approximate surface area is 111 Å². The lowest BCUT2D eigenvalue weighted by atomic mass is 9.93. The third-order valence-corrected chi connectivity index (χ3v) is 3.62. The number of nitrogens with zero attached hydrogens (tertiary/aromatic N) is 1. The van der Waals surface area contributed by atoms with Crippen LogP contribution in [-0.4, -0.2) is 4.98 Å². The molecule has 4 heteroatoms. The number of anilines is 1. The highest BCUT2D eigenvalue weighted by Crippen LogP contribution is 2.26. The van der Waals surface area contributed by atoms with Crippen LogP contribution >= 0.6 is 11.3 Å². The van der Waals surface area contributed by atoms with Gasteiger partial charge in [-0.05, 0) is 17.7 Å². The van der Waals surface area contributed by atoms with Gasteiger partial charge in [0, 0.05) is 22.9 Å². The Hall–Kier alpha value is -1.42. The highest BCUT2D eigenvalue weighted by atomic mass is 32.1. The summed E-state index contributed by atoms with van der Waals surface area (Å²) >= 11 is 1.62. The standard InChI is InChI=1S/C14H17FN2S/c1-14(2,3)12-8-18-13(17-12)6-9-4-5-10(15)7-11(9)16/h4-5,7-8H,6,16H2,1-3H3. The van der Waals surface area contributed by atoms with Crippen LogP contribution in [0.25, 0.3) is 0 Å². The molecule has 0 aliphatic rings. The molecule has 2 N–H and O–H groups in total. The fraction of sp³-hybridized carbons (Fsp3) is 0.357. The fourth-order valence-electron chi connectivity index (χ4n) is 1.63. The van der Waals surface area contributed by atoms with E-state index in [0.717, 1.165) is 16.3 Å². The minimum absolute atomic E-state index is 0.0586. The third-order valence-electron chi connectivity index (χ3n) is 2.77. The van der Waals surface area contributed by atoms with Crippen molar-refractivity contribution in [2.75, 3.05) is 5.73 Å². The van der Waals surface area contributed by atoms with Crippen molar-refractivity contribution in [3.8, 4) is 0 Å². The largest absolute Gasteiger partial charge is 0.398 e. The third kappa shape index (κ3) is 2.88. The van der Waals surface area contributed by atoms with Gasteiger partial charge in [-0.15, -0.1) is 11.3 Å². The molecule has 0 fully saturated rings. The van der Waals surface area contributed by atoms with Gasteiger partial charge in [-0.1, -0.05) is 26.8 Å². The van der Waals surface area contributed by atoms with Crippen LogP contribution < -0.4 is 5.73 Å². The minimum atomic E-state index is -0.300. The highest BCUT2D eigenvalue weighted by molar-refractivity contribution is 7.09. The SMILES string of the molecule is CC(C)(C)c1csc(Cc2ccc(F)cc2N)n1. The van der Waals surface area contributed by atoms with Crippen LogP contribution in [0.2, 0.25) is 0 Å². The number of halogens is 1. The number of hydrogen-bond acceptors (Lipinski definition) is 3. The van der Waals surface area contributed by atoms with E-state index < -0.39 is 0 Å². The van der Waals surface area contributed by atoms with Gasteiger partial charge < -0.3 is 5.73 Å². The maximum atomic E-state index is 13.0. The van der Waals surface area contributed by atoms with Crippen LogP contribution in [0.15, 0.2) is 23.6 Å². The Morgan fingerprint density at radius 1 is 1.33 bits per heavy atom. The lowest BCUT2D eigenvalue weighted by Crippen LogP contribution is -2.11. The monoisotopic (exact) mass is 264 g/mol. The molecule has 0 unspecified atom stereocenters. The Morgan fingerprint density at radius 2 is 2.06 bits per heavy atom. The zero-order valence-corrected chi connectivity index (χ0v) is 11.6. The second kappa shape index (κ2) is 4.69. The van der Waals surface area contributed by atoms with E-state index in [1.807, 2.05) is 0 Å². The average molecular weight is 264 g/mol. The summed E-state index contributed by atoms with van der Waals surface area (Å²) in [4.78, 5) is 4.61. The van der Waals surface area contributed by atoms with Crippen LogP contribution in [0.1, 0.15) is 37.0 Å². The molecule has 0 saturated carbocycles. The maximum absolute atomic E-state index is 13.0. The summed E-state index contributed by atoms with van der Waals surface area (Å²) in [5.41, 5.74) is 8.35. The summed E-state index contributed by atoms with van der Waals surface area (Å²) in [6, 6.07) is 4.51. The van der Waals surface area contributed by atoms with Crippen LogP contribution in [0.4, 0.5) is 10.1 Å². The minimum Gasteiger partial charge on any atom is -0.398 e. The fourth-order valence-corrected chi connectivity index (χ4v) is 2.67. The molecular formula is C14H17FN2S. The first kappa shape index (κ1) is 13.0. The summed E-state index contributed by atoms with van der Waals surface area (Å²) in [6.07, 6.45) is 0.660. The Bertz CT molecular complexity index is 555. The van der Waals surface area contributed by atoms with Crippen molar-refractivity contribution in [3.63, 3.8) is 0 Å². The molecule has 1 aromatic heterocycles. The summed E-state index contributed by atoms with van der Waals surface area (Å²) in [6.45, 7) is 6.41. The molecule has 0 aliphatic heterocycles. The molecule has 0 aliphatic carbocycles. The highest BCUT2D eigenvalue weighted by Gasteiger charge is 2.17. The maximum Gasteiger partial charge on any atom is 0.125 e. The van der Waals surface area contributed by atoms with E-state index in [1.54, 1.807) is 17.4 Å². The van der Waals surface area contributed by atoms with Crippen molar-refractivity contribution < 1.29 is 4.39 Å². The van der Waals surface area contributed by atoms with Crippen molar-refractivity contribution >= 4 is 17.0 Å². The van der Waals surface area contributed by atoms with E-state index in [2.05, 4.69) is 31.1 Å². The molecule has 0 spiro atoms. The molecule has 0 atom stereocenters. The van der Waals surface area contributed by atoms with Gasteiger partial charge >= 0.3 is 0 Å². The molecule has 0 amide bonds. The van der Waals surface area contributed by atoms with E-state index in [9.17, 15) is 4.39 Å². The molecule has 2 nitrogen and oxygen atoms in total. The second-order valence-corrected chi connectivity index (χ2v) is 6.34. The van der Waals surface area contributed by atoms with Gasteiger partial charge in [0.05, 0.1) is 10.7 Å². The molecule has 0 bridgehead atoms. The molecule has 0 radical (unpaired) electrons. The number of nitrogen functional groups attached to an aromatic ring is 1. The Balaban J connectivity index is 2.21. The Morgan fingerprint density at radius 3 is 2.61 bits per heavy atom. The molecule has 96 valence electrons. The number of hydrogen-bond donors (Lipinski definition) is 1. The summed E-state index contributed by atoms with van der Waals surface area (Å²) < 4.78 is 13.0. The topological polar surface area (TPSA) is 38.9 Å². The quantitative estimate of drug-likeness (QED) is 0.839. The lowest BCUT2D eigenvalue weighted by molar-refractivity contribution is 0.571. The van der Waals surface area contributed by atoms with Crippen molar-refractivity contribution in [2.24, 2.45) is 0 Å². The van der Waals surface area contributed by atoms with Crippen LogP contribution in [-0.2, 0) is 11.8 Å². The number of nitrogens with two attached hydrogens (primary N) is 1. The first-order valence-corrected chi connectivity index (χ1v) is 6.73. The van der Waals surface area contributed by atoms with E-state index in [0.29, 0.717) is 12.1 Å². The van der Waals surface area contributed by atoms with Gasteiger partial charge in [-0.25, -0.2) is 9.37 Å². The number of benzene rings is 1. The Kier molecular flexibility index (Phi) is 3.39. The average Bonchev–Trinajstić information content (AvgIpc) is 2.70. The molecule has 2 rings (SSSR count). The van der Waals surface area contributed by atoms with Gasteiger partial charge in [0.2, 0.25) is 0 Å². The second-order valence-electron chi connectivity index (χ2n) is 5.40. The van der Waals surface area contributed by atoms with Crippen molar-refractivity contribution in [3.05, 3.63) is 45.7 Å². The smallest absolute Gasteiger partial charge is 0.125 e. The summed E-state index contributed by atoms with van der Waals surface area (Å²) in [5.74, 6) is -0.300. The number of aromatic nitrogens is 1. The lowest BCUT2D eigenvalue weighted by Gasteiger charge is -2.14. The van der Waals surface area contributed by atoms with Crippen molar-refractivity contribution in [2.45, 2.75) is 32.6 Å². The van der Waals surface area contributed by atoms with Crippen LogP contribution in [0, 0.1) is 5.82 Å². The van der Waals surface area contributed by atoms with Crippen LogP contribution in [0.3, 0.4) is 0 Å². The van der Waals surface area contributed by atoms with E-state index in [1.165, 1.54) is 12.1 Å². The summed E-state index contributed by atoms with van der Waals surface area (Å²) in [7, 11) is 0. The summed E-state index contributed by atoms with van der Waals surface area (Å²) in [5, 5.41) is 3.09. The molecule has 18 heavy (non-hydrogen) atoms. The van der Waals surface area contributed by atoms with Gasteiger partial charge in [0.15, 0.2) is 0 Å². The predicted octanol–water partition coefficient (Wildman–Crippen LogP) is 3.75. The van der Waals surface area contributed by atoms with Gasteiger partial charge in [0.25, 0.3) is 0 Å². The van der Waals surface area contributed by atoms with E-state index in [4.69, 9.17) is 5.73 Å². The van der Waals surface area contributed by atoms with Gasteiger partial charge in [-0.2, -0.15) is 0 Å². The first-order valence-electron chi connectivity index (χ1n) is 5.85. The molecule has 1 heterocycles. The molecule has 1 aromatic carbocycles. The molecule has 2 aromatic rings. The van der Waals surface area contributed by atoms with Crippen LogP contribution in [0.5, 0.6) is 0 Å². The van der Waals surface area contributed by atoms with Crippen molar-refractivity contribution in [1.29, 1.82) is 0 Å². The van der Waals surface area contributed by atoms with Crippen molar-refractivity contribution in [1.82, 2.24) is 4.98 Å². The normalized spacial score (nSPS) is 11.8. The van der Waals surface area contributed by atoms with Gasteiger partial charge in [0.1, 0.15) is 5.82 Å². The zero-order chi connectivity index (χ0) is 13.3. The molecule has 0 saturated heterocycles. The number of rotatable bonds is 2. The van der Waals surface area contributed by atoms with E-state index in [-0.39, 0.29) is 11.2 Å². The zero-order valence-electron chi connectivity index (χ0n) is 10.8. The predicted molar refractivity (Wildman–Crippen MR) is 74.4 cm³/mol.